The molecular formula is C17H30O. The Hall–Kier alpha value is -0.300. The molecule has 0 heterocycles. The highest BCUT2D eigenvalue weighted by Crippen LogP contribution is 2.40. The number of allylic oxidation sites excluding steroid dienone is 2. The van der Waals surface area contributed by atoms with E-state index in [1.54, 1.807) is 0 Å². The predicted octanol–water partition coefficient (Wildman–Crippen LogP) is 4.96. The minimum atomic E-state index is 0.575. The summed E-state index contributed by atoms with van der Waals surface area (Å²) in [6, 6.07) is 0. The minimum absolute atomic E-state index is 0.575. The van der Waals surface area contributed by atoms with Crippen LogP contribution in [0.15, 0.2) is 12.2 Å². The molecule has 0 aliphatic heterocycles. The molecule has 0 spiro atoms. The van der Waals surface area contributed by atoms with Gasteiger partial charge in [0, 0.05) is 6.61 Å². The van der Waals surface area contributed by atoms with Crippen molar-refractivity contribution in [3.05, 3.63) is 12.2 Å². The molecule has 0 unspecified atom stereocenters. The second-order valence-corrected chi connectivity index (χ2v) is 6.19. The van der Waals surface area contributed by atoms with Crippen LogP contribution < -0.4 is 0 Å². The average molecular weight is 250 g/mol. The lowest BCUT2D eigenvalue weighted by molar-refractivity contribution is 0.0142. The van der Waals surface area contributed by atoms with Crippen LogP contribution in [0, 0.1) is 17.8 Å². The Morgan fingerprint density at radius 1 is 0.889 bits per heavy atom. The molecule has 0 atom stereocenters. The van der Waals surface area contributed by atoms with E-state index >= 15 is 0 Å². The van der Waals surface area contributed by atoms with Crippen molar-refractivity contribution in [1.82, 2.24) is 0 Å². The van der Waals surface area contributed by atoms with Gasteiger partial charge in [-0.05, 0) is 83.0 Å². The third-order valence-corrected chi connectivity index (χ3v) is 5.07. The molecule has 104 valence electrons. The molecule has 0 amide bonds. The first-order valence-corrected chi connectivity index (χ1v) is 8.07. The summed E-state index contributed by atoms with van der Waals surface area (Å²) in [5.41, 5.74) is 0. The summed E-state index contributed by atoms with van der Waals surface area (Å²) in [5.74, 6) is 2.91. The van der Waals surface area contributed by atoms with Gasteiger partial charge in [-0.3, -0.25) is 0 Å². The van der Waals surface area contributed by atoms with E-state index in [2.05, 4.69) is 26.0 Å². The molecule has 2 fully saturated rings. The summed E-state index contributed by atoms with van der Waals surface area (Å²) in [7, 11) is 0. The SMILES string of the molecule is C/C=C/C1CCC(C2CCC(OCC)CC2)CC1. The number of hydrogen-bond donors (Lipinski definition) is 0. The number of ether oxygens (including phenoxy) is 1. The fraction of sp³-hybridized carbons (Fsp3) is 0.882. The minimum Gasteiger partial charge on any atom is -0.379 e. The molecule has 2 aliphatic carbocycles. The fourth-order valence-electron chi connectivity index (χ4n) is 4.04. The van der Waals surface area contributed by atoms with E-state index in [1.165, 1.54) is 51.4 Å². The monoisotopic (exact) mass is 250 g/mol. The summed E-state index contributed by atoms with van der Waals surface area (Å²) < 4.78 is 5.76. The zero-order valence-electron chi connectivity index (χ0n) is 12.2. The lowest BCUT2D eigenvalue weighted by Gasteiger charge is -2.37. The molecule has 0 saturated heterocycles. The molecule has 2 rings (SSSR count). The molecular weight excluding hydrogens is 220 g/mol. The first-order valence-electron chi connectivity index (χ1n) is 8.07. The molecule has 0 aromatic heterocycles. The van der Waals surface area contributed by atoms with Crippen molar-refractivity contribution < 1.29 is 4.74 Å². The van der Waals surface area contributed by atoms with Crippen LogP contribution in [0.1, 0.15) is 65.2 Å². The van der Waals surface area contributed by atoms with Crippen LogP contribution in [0.2, 0.25) is 0 Å². The largest absolute Gasteiger partial charge is 0.379 e. The van der Waals surface area contributed by atoms with Crippen molar-refractivity contribution in [2.75, 3.05) is 6.61 Å². The Labute approximate surface area is 113 Å². The van der Waals surface area contributed by atoms with E-state index in [-0.39, 0.29) is 0 Å². The van der Waals surface area contributed by atoms with Gasteiger partial charge < -0.3 is 4.74 Å². The first kappa shape index (κ1) is 14.1. The molecule has 1 nitrogen and oxygen atoms in total. The van der Waals surface area contributed by atoms with Crippen LogP contribution >= 0.6 is 0 Å². The quantitative estimate of drug-likeness (QED) is 0.640. The van der Waals surface area contributed by atoms with Crippen LogP contribution in [-0.2, 0) is 4.74 Å². The van der Waals surface area contributed by atoms with Gasteiger partial charge in [0.25, 0.3) is 0 Å². The number of hydrogen-bond acceptors (Lipinski definition) is 1. The molecule has 0 aromatic carbocycles. The van der Waals surface area contributed by atoms with Crippen LogP contribution in [-0.4, -0.2) is 12.7 Å². The smallest absolute Gasteiger partial charge is 0.0575 e. The molecule has 0 N–H and O–H groups in total. The van der Waals surface area contributed by atoms with Gasteiger partial charge in [0.1, 0.15) is 0 Å². The van der Waals surface area contributed by atoms with Crippen molar-refractivity contribution in [3.63, 3.8) is 0 Å². The average Bonchev–Trinajstić information content (AvgIpc) is 2.41. The van der Waals surface area contributed by atoms with Gasteiger partial charge in [0.15, 0.2) is 0 Å². The number of rotatable bonds is 4. The first-order chi connectivity index (χ1) is 8.83. The molecule has 1 heteroatoms. The van der Waals surface area contributed by atoms with Gasteiger partial charge >= 0.3 is 0 Å². The normalized spacial score (nSPS) is 38.1. The van der Waals surface area contributed by atoms with Crippen molar-refractivity contribution in [3.8, 4) is 0 Å². The van der Waals surface area contributed by atoms with E-state index in [9.17, 15) is 0 Å². The zero-order chi connectivity index (χ0) is 12.8. The third kappa shape index (κ3) is 3.85. The van der Waals surface area contributed by atoms with E-state index in [0.29, 0.717) is 6.10 Å². The van der Waals surface area contributed by atoms with Crippen molar-refractivity contribution in [1.29, 1.82) is 0 Å². The summed E-state index contributed by atoms with van der Waals surface area (Å²) in [6.45, 7) is 5.17. The Morgan fingerprint density at radius 3 is 1.94 bits per heavy atom. The Bertz CT molecular complexity index is 242. The highest BCUT2D eigenvalue weighted by Gasteiger charge is 2.30. The van der Waals surface area contributed by atoms with Crippen molar-refractivity contribution in [2.45, 2.75) is 71.3 Å². The van der Waals surface area contributed by atoms with Crippen LogP contribution in [0.3, 0.4) is 0 Å². The maximum absolute atomic E-state index is 5.76. The van der Waals surface area contributed by atoms with Gasteiger partial charge in [-0.1, -0.05) is 12.2 Å². The third-order valence-electron chi connectivity index (χ3n) is 5.07. The summed E-state index contributed by atoms with van der Waals surface area (Å²) >= 11 is 0. The van der Waals surface area contributed by atoms with Crippen molar-refractivity contribution in [2.24, 2.45) is 17.8 Å². The summed E-state index contributed by atoms with van der Waals surface area (Å²) in [5, 5.41) is 0. The highest BCUT2D eigenvalue weighted by molar-refractivity contribution is 4.90. The maximum atomic E-state index is 5.76. The standard InChI is InChI=1S/C17H30O/c1-3-5-14-6-8-15(9-7-14)16-10-12-17(13-11-16)18-4-2/h3,5,14-17H,4,6-13H2,1-2H3/b5-3+. The molecule has 0 radical (unpaired) electrons. The molecule has 18 heavy (non-hydrogen) atoms. The van der Waals surface area contributed by atoms with Gasteiger partial charge in [0.05, 0.1) is 6.10 Å². The van der Waals surface area contributed by atoms with E-state index in [4.69, 9.17) is 4.74 Å². The molecule has 2 saturated carbocycles. The van der Waals surface area contributed by atoms with Crippen molar-refractivity contribution >= 4 is 0 Å². The van der Waals surface area contributed by atoms with Gasteiger partial charge in [-0.15, -0.1) is 0 Å². The van der Waals surface area contributed by atoms with E-state index < -0.39 is 0 Å². The fourth-order valence-corrected chi connectivity index (χ4v) is 4.04. The Balaban J connectivity index is 1.71. The van der Waals surface area contributed by atoms with Gasteiger partial charge in [0.2, 0.25) is 0 Å². The van der Waals surface area contributed by atoms with Crippen LogP contribution in [0.5, 0.6) is 0 Å². The Morgan fingerprint density at radius 2 is 1.44 bits per heavy atom. The highest BCUT2D eigenvalue weighted by atomic mass is 16.5. The van der Waals surface area contributed by atoms with Gasteiger partial charge in [-0.2, -0.15) is 0 Å². The molecule has 0 aromatic rings. The molecule has 0 bridgehead atoms. The summed E-state index contributed by atoms with van der Waals surface area (Å²) in [6.07, 6.45) is 16.5. The van der Waals surface area contributed by atoms with Gasteiger partial charge in [-0.25, -0.2) is 0 Å². The second-order valence-electron chi connectivity index (χ2n) is 6.19. The topological polar surface area (TPSA) is 9.23 Å². The molecule has 2 aliphatic rings. The summed E-state index contributed by atoms with van der Waals surface area (Å²) in [4.78, 5) is 0. The zero-order valence-corrected chi connectivity index (χ0v) is 12.2. The second kappa shape index (κ2) is 7.33. The van der Waals surface area contributed by atoms with Crippen LogP contribution in [0.25, 0.3) is 0 Å². The lowest BCUT2D eigenvalue weighted by atomic mass is 9.70. The van der Waals surface area contributed by atoms with Crippen LogP contribution in [0.4, 0.5) is 0 Å². The maximum Gasteiger partial charge on any atom is 0.0575 e. The lowest BCUT2D eigenvalue weighted by Crippen LogP contribution is -2.28. The van der Waals surface area contributed by atoms with E-state index in [0.717, 1.165) is 24.4 Å². The Kier molecular flexibility index (Phi) is 5.75. The van der Waals surface area contributed by atoms with E-state index in [1.807, 2.05) is 0 Å². The predicted molar refractivity (Wildman–Crippen MR) is 77.6 cm³/mol.